The third kappa shape index (κ3) is 6.10. The summed E-state index contributed by atoms with van der Waals surface area (Å²) in [5.74, 6) is 3.59. The molecular weight excluding hydrogens is 380 g/mol. The molecule has 0 amide bonds. The Hall–Kier alpha value is -3.29. The SMILES string of the molecule is CN=C(NCCc1nc(-c2ccco2)n[nH]1)NCc1ccc(C)cc1OC(C)(C)C. The molecule has 3 aromatic rings. The molecule has 2 aromatic heterocycles. The highest BCUT2D eigenvalue weighted by Crippen LogP contribution is 2.24. The van der Waals surface area contributed by atoms with Crippen molar-refractivity contribution in [1.82, 2.24) is 25.8 Å². The van der Waals surface area contributed by atoms with Crippen LogP contribution in [0.3, 0.4) is 0 Å². The van der Waals surface area contributed by atoms with Gasteiger partial charge >= 0.3 is 0 Å². The average Bonchev–Trinajstić information content (AvgIpc) is 3.36. The van der Waals surface area contributed by atoms with Crippen LogP contribution in [-0.4, -0.2) is 40.3 Å². The van der Waals surface area contributed by atoms with Crippen molar-refractivity contribution in [3.05, 3.63) is 53.5 Å². The summed E-state index contributed by atoms with van der Waals surface area (Å²) in [6.45, 7) is 9.48. The van der Waals surface area contributed by atoms with Crippen LogP contribution in [0.25, 0.3) is 11.6 Å². The molecule has 0 saturated heterocycles. The lowest BCUT2D eigenvalue weighted by Gasteiger charge is -2.24. The van der Waals surface area contributed by atoms with Crippen LogP contribution in [0.4, 0.5) is 0 Å². The number of H-pyrrole nitrogens is 1. The predicted octanol–water partition coefficient (Wildman–Crippen LogP) is 3.46. The number of aromatic nitrogens is 3. The van der Waals surface area contributed by atoms with Crippen molar-refractivity contribution in [1.29, 1.82) is 0 Å². The van der Waals surface area contributed by atoms with Crippen LogP contribution in [0.1, 0.15) is 37.7 Å². The van der Waals surface area contributed by atoms with Gasteiger partial charge in [-0.25, -0.2) is 4.98 Å². The monoisotopic (exact) mass is 410 g/mol. The second kappa shape index (κ2) is 9.47. The van der Waals surface area contributed by atoms with Gasteiger partial charge in [0.2, 0.25) is 5.82 Å². The van der Waals surface area contributed by atoms with Crippen LogP contribution in [0, 0.1) is 6.92 Å². The third-order valence-corrected chi connectivity index (χ3v) is 4.24. The minimum absolute atomic E-state index is 0.256. The Morgan fingerprint density at radius 1 is 1.23 bits per heavy atom. The summed E-state index contributed by atoms with van der Waals surface area (Å²) >= 11 is 0. The second-order valence-electron chi connectivity index (χ2n) is 8.01. The van der Waals surface area contributed by atoms with Gasteiger partial charge in [-0.2, -0.15) is 5.10 Å². The van der Waals surface area contributed by atoms with Crippen molar-refractivity contribution < 1.29 is 9.15 Å². The summed E-state index contributed by atoms with van der Waals surface area (Å²) in [5.41, 5.74) is 1.99. The Labute approximate surface area is 177 Å². The number of aromatic amines is 1. The maximum absolute atomic E-state index is 6.12. The molecule has 0 aliphatic heterocycles. The lowest BCUT2D eigenvalue weighted by Crippen LogP contribution is -2.38. The molecule has 0 bridgehead atoms. The van der Waals surface area contributed by atoms with E-state index < -0.39 is 0 Å². The van der Waals surface area contributed by atoms with Crippen LogP contribution in [-0.2, 0) is 13.0 Å². The predicted molar refractivity (Wildman–Crippen MR) is 118 cm³/mol. The second-order valence-corrected chi connectivity index (χ2v) is 8.01. The zero-order valence-corrected chi connectivity index (χ0v) is 18.2. The Morgan fingerprint density at radius 2 is 2.07 bits per heavy atom. The number of hydrogen-bond acceptors (Lipinski definition) is 5. The third-order valence-electron chi connectivity index (χ3n) is 4.24. The van der Waals surface area contributed by atoms with Gasteiger partial charge in [-0.05, 0) is 51.5 Å². The minimum atomic E-state index is -0.256. The summed E-state index contributed by atoms with van der Waals surface area (Å²) in [4.78, 5) is 8.74. The van der Waals surface area contributed by atoms with Crippen LogP contribution in [0.5, 0.6) is 5.75 Å². The van der Waals surface area contributed by atoms with Crippen molar-refractivity contribution in [3.63, 3.8) is 0 Å². The van der Waals surface area contributed by atoms with Crippen molar-refractivity contribution in [2.24, 2.45) is 4.99 Å². The number of aliphatic imine (C=N–C) groups is 1. The van der Waals surface area contributed by atoms with E-state index in [1.807, 2.05) is 32.9 Å². The van der Waals surface area contributed by atoms with Crippen molar-refractivity contribution >= 4 is 5.96 Å². The molecule has 30 heavy (non-hydrogen) atoms. The fourth-order valence-corrected chi connectivity index (χ4v) is 2.85. The number of furan rings is 1. The number of nitrogens with zero attached hydrogens (tertiary/aromatic N) is 3. The summed E-state index contributed by atoms with van der Waals surface area (Å²) in [6, 6.07) is 9.89. The Balaban J connectivity index is 1.52. The molecule has 0 spiro atoms. The molecule has 160 valence electrons. The molecule has 0 atom stereocenters. The van der Waals surface area contributed by atoms with E-state index in [0.29, 0.717) is 37.1 Å². The van der Waals surface area contributed by atoms with Gasteiger partial charge in [-0.1, -0.05) is 12.1 Å². The average molecular weight is 411 g/mol. The largest absolute Gasteiger partial charge is 0.488 e. The topological polar surface area (TPSA) is 100 Å². The molecule has 0 aliphatic carbocycles. The molecule has 8 heteroatoms. The van der Waals surface area contributed by atoms with Gasteiger partial charge in [-0.3, -0.25) is 10.1 Å². The first-order valence-electron chi connectivity index (χ1n) is 10.0. The van der Waals surface area contributed by atoms with Gasteiger partial charge in [-0.15, -0.1) is 0 Å². The van der Waals surface area contributed by atoms with Gasteiger partial charge < -0.3 is 19.8 Å². The Bertz CT molecular complexity index is 970. The summed E-state index contributed by atoms with van der Waals surface area (Å²) in [6.07, 6.45) is 2.28. The molecule has 0 fully saturated rings. The molecule has 8 nitrogen and oxygen atoms in total. The van der Waals surface area contributed by atoms with Crippen molar-refractivity contribution in [2.75, 3.05) is 13.6 Å². The molecule has 1 aromatic carbocycles. The zero-order chi connectivity index (χ0) is 21.6. The van der Waals surface area contributed by atoms with Crippen molar-refractivity contribution in [2.45, 2.75) is 46.3 Å². The van der Waals surface area contributed by atoms with E-state index in [0.717, 1.165) is 17.1 Å². The summed E-state index contributed by atoms with van der Waals surface area (Å²) in [7, 11) is 1.75. The number of aryl methyl sites for hydroxylation is 1. The zero-order valence-electron chi connectivity index (χ0n) is 18.2. The minimum Gasteiger partial charge on any atom is -0.488 e. The quantitative estimate of drug-likeness (QED) is 0.407. The van der Waals surface area contributed by atoms with E-state index in [1.54, 1.807) is 13.3 Å². The van der Waals surface area contributed by atoms with E-state index >= 15 is 0 Å². The normalized spacial score (nSPS) is 12.1. The molecular formula is C22H30N6O2. The molecule has 2 heterocycles. The highest BCUT2D eigenvalue weighted by atomic mass is 16.5. The van der Waals surface area contributed by atoms with Gasteiger partial charge in [0.15, 0.2) is 11.7 Å². The maximum atomic E-state index is 6.12. The Kier molecular flexibility index (Phi) is 6.76. The van der Waals surface area contributed by atoms with E-state index in [4.69, 9.17) is 9.15 Å². The fourth-order valence-electron chi connectivity index (χ4n) is 2.85. The first kappa shape index (κ1) is 21.4. The number of hydrogen-bond donors (Lipinski definition) is 3. The molecule has 0 unspecified atom stereocenters. The number of rotatable bonds is 7. The van der Waals surface area contributed by atoms with Gasteiger partial charge in [0.1, 0.15) is 17.2 Å². The standard InChI is InChI=1S/C22H30N6O2/c1-15-8-9-16(18(13-15)30-22(2,3)4)14-25-21(23-5)24-11-10-19-26-20(28-27-19)17-7-6-12-29-17/h6-9,12-13H,10-11,14H2,1-5H3,(H2,23,24,25)(H,26,27,28). The number of nitrogens with one attached hydrogen (secondary N) is 3. The van der Waals surface area contributed by atoms with Crippen LogP contribution < -0.4 is 15.4 Å². The van der Waals surface area contributed by atoms with Crippen LogP contribution in [0.2, 0.25) is 0 Å². The first-order chi connectivity index (χ1) is 14.3. The molecule has 0 saturated carbocycles. The van der Waals surface area contributed by atoms with Crippen LogP contribution in [0.15, 0.2) is 46.0 Å². The first-order valence-corrected chi connectivity index (χ1v) is 10.0. The van der Waals surface area contributed by atoms with Crippen molar-refractivity contribution in [3.8, 4) is 17.3 Å². The van der Waals surface area contributed by atoms with E-state index in [9.17, 15) is 0 Å². The lowest BCUT2D eigenvalue weighted by atomic mass is 10.1. The smallest absolute Gasteiger partial charge is 0.216 e. The highest BCUT2D eigenvalue weighted by molar-refractivity contribution is 5.79. The maximum Gasteiger partial charge on any atom is 0.216 e. The van der Waals surface area contributed by atoms with Gasteiger partial charge in [0, 0.05) is 32.1 Å². The Morgan fingerprint density at radius 3 is 2.77 bits per heavy atom. The molecule has 0 radical (unpaired) electrons. The van der Waals surface area contributed by atoms with E-state index in [2.05, 4.69) is 55.9 Å². The summed E-state index contributed by atoms with van der Waals surface area (Å²) < 4.78 is 11.4. The van der Waals surface area contributed by atoms with E-state index in [-0.39, 0.29) is 5.60 Å². The highest BCUT2D eigenvalue weighted by Gasteiger charge is 2.15. The molecule has 0 aliphatic rings. The number of benzene rings is 1. The van der Waals surface area contributed by atoms with Gasteiger partial charge in [0.05, 0.1) is 6.26 Å². The van der Waals surface area contributed by atoms with Gasteiger partial charge in [0.25, 0.3) is 0 Å². The van der Waals surface area contributed by atoms with Crippen LogP contribution >= 0.6 is 0 Å². The van der Waals surface area contributed by atoms with E-state index in [1.165, 1.54) is 5.56 Å². The molecule has 3 N–H and O–H groups in total. The lowest BCUT2D eigenvalue weighted by molar-refractivity contribution is 0.129. The number of guanidine groups is 1. The fraction of sp³-hybridized carbons (Fsp3) is 0.409. The summed E-state index contributed by atoms with van der Waals surface area (Å²) in [5, 5.41) is 13.8. The number of ether oxygens (including phenoxy) is 1. The molecule has 3 rings (SSSR count).